The molecule has 0 aliphatic heterocycles. The van der Waals surface area contributed by atoms with Crippen molar-refractivity contribution in [2.75, 3.05) is 5.73 Å². The summed E-state index contributed by atoms with van der Waals surface area (Å²) in [4.78, 5) is 12.8. The van der Waals surface area contributed by atoms with Crippen LogP contribution < -0.4 is 5.73 Å². The first-order valence-electron chi connectivity index (χ1n) is 4.22. The second-order valence-corrected chi connectivity index (χ2v) is 2.82. The Morgan fingerprint density at radius 2 is 1.88 bits per heavy atom. The molecule has 0 fully saturated rings. The number of oxazole rings is 1. The molecule has 17 heavy (non-hydrogen) atoms. The fraction of sp³-hybridized carbons (Fsp3) is 0.111. The Morgan fingerprint density at radius 1 is 1.35 bits per heavy atom. The second-order valence-electron chi connectivity index (χ2n) is 2.82. The van der Waals surface area contributed by atoms with Crippen LogP contribution in [0.1, 0.15) is 0 Å². The van der Waals surface area contributed by atoms with Gasteiger partial charge in [0.2, 0.25) is 0 Å². The first-order chi connectivity index (χ1) is 7.80. The molecule has 0 radical (unpaired) electrons. The Hall–Kier alpha value is -2.25. The number of fused-ring (bicyclic) bond motifs is 1. The van der Waals surface area contributed by atoms with Gasteiger partial charge >= 0.3 is 12.1 Å². The molecule has 2 aromatic rings. The Kier molecular flexibility index (Phi) is 3.56. The van der Waals surface area contributed by atoms with Gasteiger partial charge < -0.3 is 15.3 Å². The van der Waals surface area contributed by atoms with Crippen LogP contribution in [0.3, 0.4) is 0 Å². The molecule has 1 aromatic heterocycles. The molecule has 0 saturated heterocycles. The topological polar surface area (TPSA) is 89.4 Å². The van der Waals surface area contributed by atoms with E-state index in [1.54, 1.807) is 0 Å². The van der Waals surface area contributed by atoms with Crippen molar-refractivity contribution >= 4 is 23.1 Å². The van der Waals surface area contributed by atoms with Crippen LogP contribution in [0.15, 0.2) is 28.7 Å². The van der Waals surface area contributed by atoms with E-state index in [0.29, 0.717) is 0 Å². The number of carboxylic acid groups (broad SMARTS) is 1. The molecule has 0 spiro atoms. The van der Waals surface area contributed by atoms with Gasteiger partial charge in [-0.3, -0.25) is 0 Å². The van der Waals surface area contributed by atoms with Crippen LogP contribution in [0, 0.1) is 0 Å². The van der Waals surface area contributed by atoms with E-state index in [0.717, 1.165) is 11.1 Å². The molecular formula is C9H7F3N2O3. The van der Waals surface area contributed by atoms with Crippen LogP contribution >= 0.6 is 0 Å². The summed E-state index contributed by atoms with van der Waals surface area (Å²) in [6.07, 6.45) is -5.08. The standard InChI is InChI=1S/C7H6N2O.C2HF3O2/c8-7-9-5-3-1-2-4-6(5)10-7;3-2(4,5)1(6)7/h1-4H,(H2,8,9);(H,6,7). The summed E-state index contributed by atoms with van der Waals surface area (Å²) in [5, 5.41) is 7.12. The molecule has 0 aliphatic rings. The number of aromatic nitrogens is 1. The van der Waals surface area contributed by atoms with E-state index in [1.165, 1.54) is 0 Å². The number of hydrogen-bond acceptors (Lipinski definition) is 4. The number of nitrogen functional groups attached to an aromatic ring is 1. The number of benzene rings is 1. The average Bonchev–Trinajstić information content (AvgIpc) is 2.57. The SMILES string of the molecule is Nc1nc2ccccc2o1.O=C(O)C(F)(F)F. The van der Waals surface area contributed by atoms with E-state index in [2.05, 4.69) is 4.98 Å². The number of anilines is 1. The van der Waals surface area contributed by atoms with Crippen molar-refractivity contribution in [1.29, 1.82) is 0 Å². The highest BCUT2D eigenvalue weighted by Crippen LogP contribution is 2.15. The maximum Gasteiger partial charge on any atom is 0.490 e. The lowest BCUT2D eigenvalue weighted by Gasteiger charge is -1.93. The van der Waals surface area contributed by atoms with Crippen LogP contribution in [0.25, 0.3) is 11.1 Å². The summed E-state index contributed by atoms with van der Waals surface area (Å²) in [5.41, 5.74) is 6.85. The van der Waals surface area contributed by atoms with Gasteiger partial charge in [0.15, 0.2) is 5.58 Å². The lowest BCUT2D eigenvalue weighted by Crippen LogP contribution is -2.21. The summed E-state index contributed by atoms with van der Waals surface area (Å²) in [6.45, 7) is 0. The quantitative estimate of drug-likeness (QED) is 0.744. The van der Waals surface area contributed by atoms with Crippen molar-refractivity contribution in [1.82, 2.24) is 4.98 Å². The Bertz CT molecular complexity index is 488. The molecular weight excluding hydrogens is 241 g/mol. The number of nitrogens with zero attached hydrogens (tertiary/aromatic N) is 1. The molecule has 0 bridgehead atoms. The summed E-state index contributed by atoms with van der Waals surface area (Å²) in [6, 6.07) is 7.69. The van der Waals surface area contributed by atoms with Gasteiger partial charge in [0.05, 0.1) is 0 Å². The molecule has 3 N–H and O–H groups in total. The number of carbonyl (C=O) groups is 1. The molecule has 0 aliphatic carbocycles. The number of para-hydroxylation sites is 2. The van der Waals surface area contributed by atoms with Gasteiger partial charge in [-0.05, 0) is 12.1 Å². The highest BCUT2D eigenvalue weighted by molar-refractivity contribution is 5.73. The Balaban J connectivity index is 0.000000185. The minimum Gasteiger partial charge on any atom is -0.475 e. The lowest BCUT2D eigenvalue weighted by atomic mass is 10.3. The van der Waals surface area contributed by atoms with E-state index in [4.69, 9.17) is 20.1 Å². The summed E-state index contributed by atoms with van der Waals surface area (Å²) < 4.78 is 36.8. The predicted molar refractivity (Wildman–Crippen MR) is 52.1 cm³/mol. The molecule has 0 saturated carbocycles. The fourth-order valence-electron chi connectivity index (χ4n) is 0.890. The van der Waals surface area contributed by atoms with Crippen molar-refractivity contribution in [3.8, 4) is 0 Å². The van der Waals surface area contributed by atoms with Crippen LogP contribution in [-0.4, -0.2) is 22.2 Å². The number of rotatable bonds is 0. The largest absolute Gasteiger partial charge is 0.490 e. The molecule has 1 aromatic carbocycles. The summed E-state index contributed by atoms with van der Waals surface area (Å²) >= 11 is 0. The van der Waals surface area contributed by atoms with E-state index < -0.39 is 12.1 Å². The van der Waals surface area contributed by atoms with E-state index >= 15 is 0 Å². The van der Waals surface area contributed by atoms with Crippen LogP contribution in [0.2, 0.25) is 0 Å². The van der Waals surface area contributed by atoms with Crippen molar-refractivity contribution in [2.45, 2.75) is 6.18 Å². The molecule has 2 rings (SSSR count). The molecule has 0 amide bonds. The first kappa shape index (κ1) is 12.8. The van der Waals surface area contributed by atoms with E-state index in [1.807, 2.05) is 24.3 Å². The van der Waals surface area contributed by atoms with Crippen molar-refractivity contribution in [3.63, 3.8) is 0 Å². The molecule has 92 valence electrons. The van der Waals surface area contributed by atoms with Crippen LogP contribution in [0.4, 0.5) is 19.2 Å². The summed E-state index contributed by atoms with van der Waals surface area (Å²) in [5.74, 6) is -2.76. The third kappa shape index (κ3) is 3.67. The normalized spacial score (nSPS) is 10.8. The van der Waals surface area contributed by atoms with E-state index in [-0.39, 0.29) is 6.01 Å². The number of halogens is 3. The maximum absolute atomic E-state index is 10.6. The zero-order valence-corrected chi connectivity index (χ0v) is 8.23. The Labute approximate surface area is 92.7 Å². The number of carboxylic acids is 1. The van der Waals surface area contributed by atoms with Crippen molar-refractivity contribution in [3.05, 3.63) is 24.3 Å². The van der Waals surface area contributed by atoms with Crippen molar-refractivity contribution in [2.24, 2.45) is 0 Å². The Morgan fingerprint density at radius 3 is 2.35 bits per heavy atom. The van der Waals surface area contributed by atoms with Gasteiger partial charge in [-0.25, -0.2) is 4.79 Å². The third-order valence-corrected chi connectivity index (χ3v) is 1.55. The number of aliphatic carboxylic acids is 1. The summed E-state index contributed by atoms with van der Waals surface area (Å²) in [7, 11) is 0. The maximum atomic E-state index is 10.6. The third-order valence-electron chi connectivity index (χ3n) is 1.55. The number of hydrogen-bond donors (Lipinski definition) is 2. The van der Waals surface area contributed by atoms with Gasteiger partial charge in [0, 0.05) is 0 Å². The minimum atomic E-state index is -5.08. The monoisotopic (exact) mass is 248 g/mol. The zero-order valence-electron chi connectivity index (χ0n) is 8.23. The lowest BCUT2D eigenvalue weighted by molar-refractivity contribution is -0.192. The first-order valence-corrected chi connectivity index (χ1v) is 4.22. The molecule has 0 atom stereocenters. The van der Waals surface area contributed by atoms with Gasteiger partial charge in [0.25, 0.3) is 6.01 Å². The highest BCUT2D eigenvalue weighted by Gasteiger charge is 2.38. The van der Waals surface area contributed by atoms with Crippen LogP contribution in [-0.2, 0) is 4.79 Å². The van der Waals surface area contributed by atoms with Crippen molar-refractivity contribution < 1.29 is 27.5 Å². The predicted octanol–water partition coefficient (Wildman–Crippen LogP) is 2.04. The number of nitrogens with two attached hydrogens (primary N) is 1. The van der Waals surface area contributed by atoms with E-state index in [9.17, 15) is 13.2 Å². The van der Waals surface area contributed by atoms with Gasteiger partial charge in [-0.1, -0.05) is 12.1 Å². The molecule has 1 heterocycles. The smallest absolute Gasteiger partial charge is 0.475 e. The molecule has 8 heteroatoms. The average molecular weight is 248 g/mol. The van der Waals surface area contributed by atoms with Gasteiger partial charge in [-0.15, -0.1) is 0 Å². The second kappa shape index (κ2) is 4.73. The number of alkyl halides is 3. The fourth-order valence-corrected chi connectivity index (χ4v) is 0.890. The van der Waals surface area contributed by atoms with Crippen LogP contribution in [0.5, 0.6) is 0 Å². The molecule has 5 nitrogen and oxygen atoms in total. The molecule has 0 unspecified atom stereocenters. The minimum absolute atomic E-state index is 0.223. The highest BCUT2D eigenvalue weighted by atomic mass is 19.4. The van der Waals surface area contributed by atoms with Gasteiger partial charge in [0.1, 0.15) is 5.52 Å². The zero-order chi connectivity index (χ0) is 13.1. The van der Waals surface area contributed by atoms with Gasteiger partial charge in [-0.2, -0.15) is 18.2 Å².